The lowest BCUT2D eigenvalue weighted by molar-refractivity contribution is 0.122. The van der Waals surface area contributed by atoms with Crippen LogP contribution >= 0.6 is 0 Å². The van der Waals surface area contributed by atoms with Crippen LogP contribution in [0.5, 0.6) is 0 Å². The number of hydrogen-bond acceptors (Lipinski definition) is 4. The number of nitrogens with two attached hydrogens (primary N) is 1. The van der Waals surface area contributed by atoms with Gasteiger partial charge in [0.15, 0.2) is 0 Å². The molecular weight excluding hydrogens is 190 g/mol. The van der Waals surface area contributed by atoms with Crippen molar-refractivity contribution in [1.29, 1.82) is 0 Å². The Kier molecular flexibility index (Phi) is 3.18. The van der Waals surface area contributed by atoms with Gasteiger partial charge in [-0.3, -0.25) is 0 Å². The monoisotopic (exact) mass is 207 g/mol. The highest BCUT2D eigenvalue weighted by atomic mass is 16.5. The third kappa shape index (κ3) is 2.46. The number of anilines is 1. The van der Waals surface area contributed by atoms with E-state index in [2.05, 4.69) is 9.88 Å². The van der Waals surface area contributed by atoms with E-state index < -0.39 is 0 Å². The Morgan fingerprint density at radius 3 is 2.67 bits per heavy atom. The first-order chi connectivity index (χ1) is 7.27. The summed E-state index contributed by atoms with van der Waals surface area (Å²) in [6, 6.07) is 4.13. The number of morpholine rings is 1. The highest BCUT2D eigenvalue weighted by molar-refractivity contribution is 5.40. The van der Waals surface area contributed by atoms with Crippen LogP contribution in [0.15, 0.2) is 18.3 Å². The topological polar surface area (TPSA) is 51.4 Å². The fourth-order valence-electron chi connectivity index (χ4n) is 1.65. The summed E-state index contributed by atoms with van der Waals surface area (Å²) < 4.78 is 5.29. The second kappa shape index (κ2) is 4.59. The van der Waals surface area contributed by atoms with Crippen LogP contribution in [0.25, 0.3) is 0 Å². The summed E-state index contributed by atoms with van der Waals surface area (Å²) in [5.74, 6) is 1.02. The van der Waals surface area contributed by atoms with Gasteiger partial charge in [-0.05, 0) is 18.6 Å². The first kappa shape index (κ1) is 10.4. The number of rotatable bonds is 2. The van der Waals surface area contributed by atoms with Crippen LogP contribution in [0.3, 0.4) is 0 Å². The molecule has 82 valence electrons. The Balaban J connectivity index is 2.08. The fraction of sp³-hybridized carbons (Fsp3) is 0.545. The van der Waals surface area contributed by atoms with Crippen molar-refractivity contribution in [2.45, 2.75) is 13.0 Å². The zero-order valence-corrected chi connectivity index (χ0v) is 9.02. The Morgan fingerprint density at radius 2 is 2.13 bits per heavy atom. The quantitative estimate of drug-likeness (QED) is 0.784. The lowest BCUT2D eigenvalue weighted by Gasteiger charge is -2.27. The summed E-state index contributed by atoms with van der Waals surface area (Å²) in [5, 5.41) is 0. The third-order valence-electron chi connectivity index (χ3n) is 2.63. The number of aromatic nitrogens is 1. The third-order valence-corrected chi connectivity index (χ3v) is 2.63. The molecule has 1 aliphatic rings. The van der Waals surface area contributed by atoms with Crippen LogP contribution in [-0.2, 0) is 4.74 Å². The zero-order valence-electron chi connectivity index (χ0n) is 9.02. The SMILES string of the molecule is C[C@@H](N)c1ccc(N2CCOCC2)nc1. The van der Waals surface area contributed by atoms with Crippen molar-refractivity contribution in [3.05, 3.63) is 23.9 Å². The molecule has 1 aromatic rings. The van der Waals surface area contributed by atoms with Crippen molar-refractivity contribution in [2.75, 3.05) is 31.2 Å². The second-order valence-electron chi connectivity index (χ2n) is 3.84. The van der Waals surface area contributed by atoms with Gasteiger partial charge in [-0.15, -0.1) is 0 Å². The van der Waals surface area contributed by atoms with Crippen LogP contribution < -0.4 is 10.6 Å². The molecule has 4 nitrogen and oxygen atoms in total. The van der Waals surface area contributed by atoms with E-state index in [1.165, 1.54) is 0 Å². The van der Waals surface area contributed by atoms with Gasteiger partial charge in [0, 0.05) is 25.3 Å². The number of pyridine rings is 1. The number of nitrogens with zero attached hydrogens (tertiary/aromatic N) is 2. The van der Waals surface area contributed by atoms with Crippen LogP contribution in [0.2, 0.25) is 0 Å². The van der Waals surface area contributed by atoms with Gasteiger partial charge in [0.1, 0.15) is 5.82 Å². The van der Waals surface area contributed by atoms with Crippen LogP contribution in [0.4, 0.5) is 5.82 Å². The minimum Gasteiger partial charge on any atom is -0.378 e. The first-order valence-corrected chi connectivity index (χ1v) is 5.31. The maximum Gasteiger partial charge on any atom is 0.128 e. The second-order valence-corrected chi connectivity index (χ2v) is 3.84. The first-order valence-electron chi connectivity index (χ1n) is 5.31. The minimum absolute atomic E-state index is 0.0521. The molecule has 2 heterocycles. The molecule has 2 N–H and O–H groups in total. The van der Waals surface area contributed by atoms with E-state index in [0.717, 1.165) is 37.7 Å². The van der Waals surface area contributed by atoms with Gasteiger partial charge < -0.3 is 15.4 Å². The van der Waals surface area contributed by atoms with Crippen molar-refractivity contribution in [3.8, 4) is 0 Å². The Bertz CT molecular complexity index is 304. The van der Waals surface area contributed by atoms with E-state index in [4.69, 9.17) is 10.5 Å². The van der Waals surface area contributed by atoms with Crippen LogP contribution in [0.1, 0.15) is 18.5 Å². The van der Waals surface area contributed by atoms with Gasteiger partial charge in [-0.1, -0.05) is 6.07 Å². The van der Waals surface area contributed by atoms with Crippen molar-refractivity contribution < 1.29 is 4.74 Å². The zero-order chi connectivity index (χ0) is 10.7. The molecule has 1 aliphatic heterocycles. The molecule has 1 saturated heterocycles. The normalized spacial score (nSPS) is 18.9. The van der Waals surface area contributed by atoms with E-state index in [-0.39, 0.29) is 6.04 Å². The van der Waals surface area contributed by atoms with Gasteiger partial charge >= 0.3 is 0 Å². The molecule has 0 amide bonds. The summed E-state index contributed by atoms with van der Waals surface area (Å²) in [7, 11) is 0. The Morgan fingerprint density at radius 1 is 1.40 bits per heavy atom. The summed E-state index contributed by atoms with van der Waals surface area (Å²) in [5.41, 5.74) is 6.84. The molecule has 1 fully saturated rings. The van der Waals surface area contributed by atoms with Crippen molar-refractivity contribution >= 4 is 5.82 Å². The maximum absolute atomic E-state index is 5.77. The standard InChI is InChI=1S/C11H17N3O/c1-9(12)10-2-3-11(13-8-10)14-4-6-15-7-5-14/h2-3,8-9H,4-7,12H2,1H3/t9-/m1/s1. The molecule has 2 rings (SSSR count). The molecule has 0 bridgehead atoms. The van der Waals surface area contributed by atoms with Gasteiger partial charge in [-0.25, -0.2) is 4.98 Å². The largest absolute Gasteiger partial charge is 0.378 e. The van der Waals surface area contributed by atoms with Crippen LogP contribution in [0, 0.1) is 0 Å². The van der Waals surface area contributed by atoms with E-state index in [1.807, 2.05) is 25.3 Å². The average Bonchev–Trinajstić information content (AvgIpc) is 2.30. The summed E-state index contributed by atoms with van der Waals surface area (Å²) >= 11 is 0. The van der Waals surface area contributed by atoms with Gasteiger partial charge in [0.2, 0.25) is 0 Å². The van der Waals surface area contributed by atoms with E-state index in [9.17, 15) is 0 Å². The molecular formula is C11H17N3O. The maximum atomic E-state index is 5.77. The van der Waals surface area contributed by atoms with E-state index >= 15 is 0 Å². The molecule has 0 saturated carbocycles. The van der Waals surface area contributed by atoms with Gasteiger partial charge in [0.25, 0.3) is 0 Å². The molecule has 15 heavy (non-hydrogen) atoms. The summed E-state index contributed by atoms with van der Waals surface area (Å²) in [4.78, 5) is 6.64. The summed E-state index contributed by atoms with van der Waals surface area (Å²) in [6.07, 6.45) is 1.86. The predicted octanol–water partition coefficient (Wildman–Crippen LogP) is 0.938. The summed E-state index contributed by atoms with van der Waals surface area (Å²) in [6.45, 7) is 5.38. The van der Waals surface area contributed by atoms with Crippen molar-refractivity contribution in [3.63, 3.8) is 0 Å². The van der Waals surface area contributed by atoms with E-state index in [0.29, 0.717) is 0 Å². The number of ether oxygens (including phenoxy) is 1. The van der Waals surface area contributed by atoms with Crippen molar-refractivity contribution in [2.24, 2.45) is 5.73 Å². The molecule has 1 aromatic heterocycles. The Hall–Kier alpha value is -1.13. The molecule has 0 aromatic carbocycles. The van der Waals surface area contributed by atoms with E-state index in [1.54, 1.807) is 0 Å². The number of hydrogen-bond donors (Lipinski definition) is 1. The highest BCUT2D eigenvalue weighted by Crippen LogP contribution is 2.15. The molecule has 0 radical (unpaired) electrons. The molecule has 0 aliphatic carbocycles. The van der Waals surface area contributed by atoms with Crippen LogP contribution in [-0.4, -0.2) is 31.3 Å². The Labute approximate surface area is 90.0 Å². The highest BCUT2D eigenvalue weighted by Gasteiger charge is 2.12. The molecule has 1 atom stereocenters. The predicted molar refractivity (Wildman–Crippen MR) is 59.9 cm³/mol. The lowest BCUT2D eigenvalue weighted by atomic mass is 10.1. The smallest absolute Gasteiger partial charge is 0.128 e. The average molecular weight is 207 g/mol. The van der Waals surface area contributed by atoms with Crippen molar-refractivity contribution in [1.82, 2.24) is 4.98 Å². The molecule has 4 heteroatoms. The molecule has 0 unspecified atom stereocenters. The van der Waals surface area contributed by atoms with Gasteiger partial charge in [0.05, 0.1) is 13.2 Å². The molecule has 0 spiro atoms. The fourth-order valence-corrected chi connectivity index (χ4v) is 1.65. The van der Waals surface area contributed by atoms with Gasteiger partial charge in [-0.2, -0.15) is 0 Å². The minimum atomic E-state index is 0.0521. The lowest BCUT2D eigenvalue weighted by Crippen LogP contribution is -2.36.